The Balaban J connectivity index is 1.50. The van der Waals surface area contributed by atoms with Crippen molar-refractivity contribution in [3.8, 4) is 11.5 Å². The summed E-state index contributed by atoms with van der Waals surface area (Å²) < 4.78 is 12.8. The molecule has 0 radical (unpaired) electrons. The number of hydrogen-bond acceptors (Lipinski definition) is 7. The van der Waals surface area contributed by atoms with Gasteiger partial charge in [0.05, 0.1) is 19.4 Å². The molecule has 1 atom stereocenters. The average molecular weight is 498 g/mol. The lowest BCUT2D eigenvalue weighted by atomic mass is 10.2. The van der Waals surface area contributed by atoms with Crippen LogP contribution in [0, 0.1) is 0 Å². The predicted octanol–water partition coefficient (Wildman–Crippen LogP) is 3.68. The highest BCUT2D eigenvalue weighted by Gasteiger charge is 2.18. The summed E-state index contributed by atoms with van der Waals surface area (Å²) in [6.07, 6.45) is 0.288. The number of aromatic nitrogens is 3. The molecule has 186 valence electrons. The number of thioether (sulfide) groups is 1. The van der Waals surface area contributed by atoms with E-state index in [2.05, 4.69) is 27.8 Å². The second-order valence-corrected chi connectivity index (χ2v) is 8.63. The molecule has 10 heteroatoms. The lowest BCUT2D eigenvalue weighted by Crippen LogP contribution is -2.36. The van der Waals surface area contributed by atoms with Crippen LogP contribution in [0.25, 0.3) is 0 Å². The molecule has 1 heterocycles. The van der Waals surface area contributed by atoms with Crippen molar-refractivity contribution in [2.24, 2.45) is 0 Å². The third-order valence-corrected chi connectivity index (χ3v) is 6.20. The molecule has 0 saturated carbocycles. The van der Waals surface area contributed by atoms with E-state index >= 15 is 0 Å². The smallest absolute Gasteiger partial charge is 0.261 e. The molecule has 2 amide bonds. The molecule has 2 N–H and O–H groups in total. The third kappa shape index (κ3) is 7.48. The maximum absolute atomic E-state index is 12.5. The summed E-state index contributed by atoms with van der Waals surface area (Å²) in [4.78, 5) is 24.9. The second-order valence-electron chi connectivity index (χ2n) is 7.69. The number of ether oxygens (including phenoxy) is 2. The first-order chi connectivity index (χ1) is 16.9. The van der Waals surface area contributed by atoms with Crippen LogP contribution in [0.2, 0.25) is 0 Å². The molecule has 0 bridgehead atoms. The largest absolute Gasteiger partial charge is 0.497 e. The maximum Gasteiger partial charge on any atom is 0.261 e. The highest BCUT2D eigenvalue weighted by Crippen LogP contribution is 2.20. The summed E-state index contributed by atoms with van der Waals surface area (Å²) in [5.41, 5.74) is 1.87. The number of amides is 2. The van der Waals surface area contributed by atoms with Crippen molar-refractivity contribution in [1.29, 1.82) is 0 Å². The summed E-state index contributed by atoms with van der Waals surface area (Å²) in [7, 11) is 1.58. The van der Waals surface area contributed by atoms with Crippen LogP contribution in [0.5, 0.6) is 11.5 Å². The minimum Gasteiger partial charge on any atom is -0.497 e. The molecular weight excluding hydrogens is 466 g/mol. The number of benzene rings is 2. The van der Waals surface area contributed by atoms with E-state index in [0.29, 0.717) is 34.7 Å². The molecule has 3 rings (SSSR count). The molecule has 3 aromatic rings. The summed E-state index contributed by atoms with van der Waals surface area (Å²) in [5, 5.41) is 14.7. The van der Waals surface area contributed by atoms with Crippen molar-refractivity contribution in [1.82, 2.24) is 20.1 Å². The number of nitrogens with zero attached hydrogens (tertiary/aromatic N) is 3. The molecule has 0 saturated heterocycles. The maximum atomic E-state index is 12.5. The fraction of sp³-hybridized carbons (Fsp3) is 0.360. The van der Waals surface area contributed by atoms with Gasteiger partial charge in [0, 0.05) is 18.3 Å². The van der Waals surface area contributed by atoms with Crippen molar-refractivity contribution in [3.05, 3.63) is 59.9 Å². The Morgan fingerprint density at radius 1 is 1.09 bits per heavy atom. The zero-order valence-corrected chi connectivity index (χ0v) is 21.2. The van der Waals surface area contributed by atoms with Crippen molar-refractivity contribution < 1.29 is 19.1 Å². The summed E-state index contributed by atoms with van der Waals surface area (Å²) in [6.45, 7) is 6.56. The van der Waals surface area contributed by atoms with E-state index in [1.807, 2.05) is 47.9 Å². The minimum absolute atomic E-state index is 0.165. The normalized spacial score (nSPS) is 11.5. The van der Waals surface area contributed by atoms with E-state index in [-0.39, 0.29) is 24.1 Å². The van der Waals surface area contributed by atoms with E-state index in [1.165, 1.54) is 17.3 Å². The van der Waals surface area contributed by atoms with Crippen LogP contribution in [0.1, 0.15) is 32.2 Å². The molecule has 2 aromatic carbocycles. The van der Waals surface area contributed by atoms with Gasteiger partial charge in [0.15, 0.2) is 17.1 Å². The minimum atomic E-state index is -0.658. The number of rotatable bonds is 12. The quantitative estimate of drug-likeness (QED) is 0.368. The zero-order valence-electron chi connectivity index (χ0n) is 20.4. The van der Waals surface area contributed by atoms with Gasteiger partial charge in [-0.3, -0.25) is 9.59 Å². The van der Waals surface area contributed by atoms with Crippen molar-refractivity contribution in [2.75, 3.05) is 18.2 Å². The Hall–Kier alpha value is -3.53. The first kappa shape index (κ1) is 26.1. The lowest BCUT2D eigenvalue weighted by molar-refractivity contribution is -0.127. The topological polar surface area (TPSA) is 107 Å². The number of carbonyl (C=O) groups is 2. The van der Waals surface area contributed by atoms with E-state index in [0.717, 1.165) is 6.42 Å². The Morgan fingerprint density at radius 2 is 1.86 bits per heavy atom. The van der Waals surface area contributed by atoms with Gasteiger partial charge in [-0.2, -0.15) is 0 Å². The highest BCUT2D eigenvalue weighted by molar-refractivity contribution is 7.99. The molecule has 0 aliphatic carbocycles. The zero-order chi connectivity index (χ0) is 25.2. The fourth-order valence-electron chi connectivity index (χ4n) is 3.27. The van der Waals surface area contributed by atoms with Crippen LogP contribution in [-0.2, 0) is 29.1 Å². The van der Waals surface area contributed by atoms with E-state index in [1.54, 1.807) is 26.2 Å². The molecule has 0 unspecified atom stereocenters. The Bertz CT molecular complexity index is 1130. The average Bonchev–Trinajstić information content (AvgIpc) is 3.28. The van der Waals surface area contributed by atoms with Gasteiger partial charge in [-0.05, 0) is 50.1 Å². The van der Waals surface area contributed by atoms with E-state index in [4.69, 9.17) is 9.47 Å². The van der Waals surface area contributed by atoms with E-state index < -0.39 is 6.10 Å². The number of methoxy groups -OCH3 is 1. The summed E-state index contributed by atoms with van der Waals surface area (Å²) >= 11 is 1.28. The van der Waals surface area contributed by atoms with Gasteiger partial charge in [0.1, 0.15) is 11.5 Å². The van der Waals surface area contributed by atoms with Crippen LogP contribution in [0.15, 0.2) is 53.7 Å². The molecule has 0 fully saturated rings. The number of anilines is 1. The monoisotopic (exact) mass is 497 g/mol. The first-order valence-corrected chi connectivity index (χ1v) is 12.4. The molecular formula is C25H31N5O4S. The SMILES string of the molecule is CCc1ccc(O[C@H](C)C(=O)NCc2nnc(SCC(=O)Nc3cccc(OC)c3)n2CC)cc1. The summed E-state index contributed by atoms with van der Waals surface area (Å²) in [5.74, 6) is 1.68. The third-order valence-electron chi connectivity index (χ3n) is 5.23. The summed E-state index contributed by atoms with van der Waals surface area (Å²) in [6, 6.07) is 14.9. The number of nitrogens with one attached hydrogen (secondary N) is 2. The Kier molecular flexibility index (Phi) is 9.54. The van der Waals surface area contributed by atoms with Crippen LogP contribution in [0.3, 0.4) is 0 Å². The van der Waals surface area contributed by atoms with Crippen molar-refractivity contribution in [2.45, 2.75) is 51.5 Å². The highest BCUT2D eigenvalue weighted by atomic mass is 32.2. The van der Waals surface area contributed by atoms with Gasteiger partial charge in [-0.15, -0.1) is 10.2 Å². The Labute approximate surface area is 209 Å². The standard InChI is InChI=1S/C25H31N5O4S/c1-5-18-10-12-20(13-11-18)34-17(3)24(32)26-15-22-28-29-25(30(22)6-2)35-16-23(31)27-19-8-7-9-21(14-19)33-4/h7-14,17H,5-6,15-16H2,1-4H3,(H,26,32)(H,27,31)/t17-/m1/s1. The molecule has 1 aromatic heterocycles. The lowest BCUT2D eigenvalue weighted by Gasteiger charge is -2.15. The van der Waals surface area contributed by atoms with Crippen LogP contribution in [0.4, 0.5) is 5.69 Å². The molecule has 0 aliphatic rings. The molecule has 0 spiro atoms. The van der Waals surface area contributed by atoms with Crippen LogP contribution < -0.4 is 20.1 Å². The van der Waals surface area contributed by atoms with Gasteiger partial charge in [0.2, 0.25) is 5.91 Å². The van der Waals surface area contributed by atoms with Gasteiger partial charge < -0.3 is 24.7 Å². The second kappa shape index (κ2) is 12.8. The number of carbonyl (C=O) groups excluding carboxylic acids is 2. The van der Waals surface area contributed by atoms with E-state index in [9.17, 15) is 9.59 Å². The predicted molar refractivity (Wildman–Crippen MR) is 136 cm³/mol. The Morgan fingerprint density at radius 3 is 2.54 bits per heavy atom. The first-order valence-electron chi connectivity index (χ1n) is 11.5. The fourth-order valence-corrected chi connectivity index (χ4v) is 4.09. The van der Waals surface area contributed by atoms with Crippen molar-refractivity contribution in [3.63, 3.8) is 0 Å². The number of hydrogen-bond donors (Lipinski definition) is 2. The molecule has 35 heavy (non-hydrogen) atoms. The van der Waals surface area contributed by atoms with Gasteiger partial charge in [-0.25, -0.2) is 0 Å². The van der Waals surface area contributed by atoms with Gasteiger partial charge in [-0.1, -0.05) is 36.9 Å². The molecule has 0 aliphatic heterocycles. The molecule has 9 nitrogen and oxygen atoms in total. The van der Waals surface area contributed by atoms with Gasteiger partial charge in [0.25, 0.3) is 5.91 Å². The van der Waals surface area contributed by atoms with Crippen molar-refractivity contribution >= 4 is 29.3 Å². The van der Waals surface area contributed by atoms with Gasteiger partial charge >= 0.3 is 0 Å². The number of aryl methyl sites for hydroxylation is 1. The van der Waals surface area contributed by atoms with Crippen LogP contribution in [-0.4, -0.2) is 45.5 Å². The van der Waals surface area contributed by atoms with Crippen LogP contribution >= 0.6 is 11.8 Å².